The summed E-state index contributed by atoms with van der Waals surface area (Å²) in [7, 11) is 1.92. The van der Waals surface area contributed by atoms with E-state index >= 15 is 0 Å². The smallest absolute Gasteiger partial charge is 0.220 e. The molecule has 7 heteroatoms. The minimum Gasteiger partial charge on any atom is -0.349 e. The molecular weight excluding hydrogens is 364 g/mol. The summed E-state index contributed by atoms with van der Waals surface area (Å²) < 4.78 is 1.82. The van der Waals surface area contributed by atoms with Gasteiger partial charge in [-0.25, -0.2) is 15.0 Å². The Bertz CT molecular complexity index is 1100. The lowest BCUT2D eigenvalue weighted by Gasteiger charge is -2.25. The van der Waals surface area contributed by atoms with Gasteiger partial charge in [-0.3, -0.25) is 9.48 Å². The molecular formula is C22H28N6O. The molecule has 1 atom stereocenters. The van der Waals surface area contributed by atoms with Crippen molar-refractivity contribution < 1.29 is 4.79 Å². The highest BCUT2D eigenvalue weighted by Crippen LogP contribution is 2.29. The van der Waals surface area contributed by atoms with E-state index < -0.39 is 0 Å². The van der Waals surface area contributed by atoms with Crippen molar-refractivity contribution in [3.8, 4) is 0 Å². The Kier molecular flexibility index (Phi) is 5.06. The molecule has 1 aliphatic rings. The zero-order valence-electron chi connectivity index (χ0n) is 17.8. The summed E-state index contributed by atoms with van der Waals surface area (Å²) in [6.07, 6.45) is 5.91. The number of carbonyl (C=O) groups excluding carboxylic acids is 1. The molecule has 1 amide bonds. The maximum Gasteiger partial charge on any atom is 0.220 e. The van der Waals surface area contributed by atoms with Gasteiger partial charge in [0.1, 0.15) is 5.82 Å². The third-order valence-electron chi connectivity index (χ3n) is 5.97. The SMILES string of the molecule is Cc1ncc2c(n1)CCCC2NC(=O)CCc1c(C)nc2c(c(C)nn2C)c1C. The summed E-state index contributed by atoms with van der Waals surface area (Å²) in [4.78, 5) is 26.3. The molecule has 3 heterocycles. The molecule has 1 unspecified atom stereocenters. The van der Waals surface area contributed by atoms with Crippen LogP contribution in [-0.2, 0) is 24.7 Å². The number of pyridine rings is 1. The summed E-state index contributed by atoms with van der Waals surface area (Å²) >= 11 is 0. The van der Waals surface area contributed by atoms with Crippen molar-refractivity contribution in [2.24, 2.45) is 7.05 Å². The lowest BCUT2D eigenvalue weighted by atomic mass is 9.92. The van der Waals surface area contributed by atoms with Gasteiger partial charge in [0.25, 0.3) is 0 Å². The summed E-state index contributed by atoms with van der Waals surface area (Å²) in [6.45, 7) is 8.03. The molecule has 3 aromatic rings. The molecule has 0 radical (unpaired) electrons. The molecule has 3 aromatic heterocycles. The fourth-order valence-corrected chi connectivity index (χ4v) is 4.53. The maximum absolute atomic E-state index is 12.7. The van der Waals surface area contributed by atoms with E-state index in [4.69, 9.17) is 4.98 Å². The number of nitrogens with zero attached hydrogens (tertiary/aromatic N) is 5. The molecule has 29 heavy (non-hydrogen) atoms. The average Bonchev–Trinajstić information content (AvgIpc) is 2.95. The highest BCUT2D eigenvalue weighted by Gasteiger charge is 2.24. The number of nitrogens with one attached hydrogen (secondary N) is 1. The summed E-state index contributed by atoms with van der Waals surface area (Å²) in [6, 6.07) is 0.00946. The van der Waals surface area contributed by atoms with Crippen LogP contribution in [0.2, 0.25) is 0 Å². The predicted octanol–water partition coefficient (Wildman–Crippen LogP) is 3.12. The van der Waals surface area contributed by atoms with Gasteiger partial charge < -0.3 is 5.32 Å². The van der Waals surface area contributed by atoms with Gasteiger partial charge in [0, 0.05) is 42.0 Å². The molecule has 0 bridgehead atoms. The largest absolute Gasteiger partial charge is 0.349 e. The van der Waals surface area contributed by atoms with Gasteiger partial charge in [0.15, 0.2) is 5.65 Å². The van der Waals surface area contributed by atoms with Gasteiger partial charge in [-0.05, 0) is 64.5 Å². The molecule has 0 saturated carbocycles. The average molecular weight is 393 g/mol. The maximum atomic E-state index is 12.7. The Hall–Kier alpha value is -2.83. The van der Waals surface area contributed by atoms with Crippen LogP contribution in [-0.4, -0.2) is 30.6 Å². The second-order valence-corrected chi connectivity index (χ2v) is 8.04. The van der Waals surface area contributed by atoms with Crippen molar-refractivity contribution >= 4 is 16.9 Å². The zero-order valence-corrected chi connectivity index (χ0v) is 17.8. The van der Waals surface area contributed by atoms with E-state index in [1.807, 2.05) is 38.7 Å². The lowest BCUT2D eigenvalue weighted by molar-refractivity contribution is -0.121. The van der Waals surface area contributed by atoms with E-state index in [1.54, 1.807) is 0 Å². The standard InChI is InChI=1S/C22H28N6O/c1-12-16(13(2)24-22-21(12)14(3)27-28(22)5)9-10-20(29)26-19-8-6-7-18-17(19)11-23-15(4)25-18/h11,19H,6-10H2,1-5H3,(H,26,29). The van der Waals surface area contributed by atoms with Crippen molar-refractivity contribution in [1.29, 1.82) is 0 Å². The zero-order chi connectivity index (χ0) is 20.7. The van der Waals surface area contributed by atoms with Gasteiger partial charge >= 0.3 is 0 Å². The molecule has 1 N–H and O–H groups in total. The molecule has 152 valence electrons. The van der Waals surface area contributed by atoms with Crippen LogP contribution in [0.3, 0.4) is 0 Å². The van der Waals surface area contributed by atoms with Gasteiger partial charge in [0.05, 0.1) is 11.7 Å². The third kappa shape index (κ3) is 3.61. The van der Waals surface area contributed by atoms with Crippen molar-refractivity contribution in [3.05, 3.63) is 45.8 Å². The van der Waals surface area contributed by atoms with Gasteiger partial charge in [-0.2, -0.15) is 5.10 Å². The molecule has 0 aliphatic heterocycles. The first-order valence-corrected chi connectivity index (χ1v) is 10.3. The van der Waals surface area contributed by atoms with Gasteiger partial charge in [0.2, 0.25) is 5.91 Å². The summed E-state index contributed by atoms with van der Waals surface area (Å²) in [5.41, 5.74) is 7.31. The predicted molar refractivity (Wildman–Crippen MR) is 112 cm³/mol. The van der Waals surface area contributed by atoms with E-state index in [-0.39, 0.29) is 11.9 Å². The topological polar surface area (TPSA) is 85.6 Å². The van der Waals surface area contributed by atoms with Crippen LogP contribution < -0.4 is 5.32 Å². The summed E-state index contributed by atoms with van der Waals surface area (Å²) in [5.74, 6) is 0.848. The Labute approximate surface area is 171 Å². The summed E-state index contributed by atoms with van der Waals surface area (Å²) in [5, 5.41) is 8.80. The monoisotopic (exact) mass is 392 g/mol. The van der Waals surface area contributed by atoms with Gasteiger partial charge in [-0.15, -0.1) is 0 Å². The highest BCUT2D eigenvalue weighted by atomic mass is 16.1. The first kappa shape index (κ1) is 19.5. The number of rotatable bonds is 4. The number of aromatic nitrogens is 5. The number of hydrogen-bond acceptors (Lipinski definition) is 5. The molecule has 0 saturated heterocycles. The minimum atomic E-state index is 0.00946. The molecule has 0 aromatic carbocycles. The van der Waals surface area contributed by atoms with Gasteiger partial charge in [-0.1, -0.05) is 0 Å². The highest BCUT2D eigenvalue weighted by molar-refractivity contribution is 5.84. The van der Waals surface area contributed by atoms with E-state index in [2.05, 4.69) is 27.3 Å². The molecule has 1 aliphatic carbocycles. The van der Waals surface area contributed by atoms with E-state index in [1.165, 1.54) is 5.56 Å². The van der Waals surface area contributed by atoms with Crippen molar-refractivity contribution in [2.45, 2.75) is 65.8 Å². The number of hydrogen-bond donors (Lipinski definition) is 1. The number of amides is 1. The number of fused-ring (bicyclic) bond motifs is 2. The van der Waals surface area contributed by atoms with E-state index in [0.29, 0.717) is 12.8 Å². The first-order chi connectivity index (χ1) is 13.8. The van der Waals surface area contributed by atoms with Crippen molar-refractivity contribution in [3.63, 3.8) is 0 Å². The second kappa shape index (κ2) is 7.54. The molecule has 0 spiro atoms. The molecule has 7 nitrogen and oxygen atoms in total. The van der Waals surface area contributed by atoms with Crippen LogP contribution in [0.1, 0.15) is 64.9 Å². The minimum absolute atomic E-state index is 0.00946. The first-order valence-electron chi connectivity index (χ1n) is 10.3. The Morgan fingerprint density at radius 2 is 2.00 bits per heavy atom. The van der Waals surface area contributed by atoms with E-state index in [9.17, 15) is 4.79 Å². The van der Waals surface area contributed by atoms with Crippen LogP contribution in [0.25, 0.3) is 11.0 Å². The van der Waals surface area contributed by atoms with Crippen LogP contribution in [0.4, 0.5) is 0 Å². The molecule has 4 rings (SSSR count). The number of aryl methyl sites for hydroxylation is 6. The second-order valence-electron chi connectivity index (χ2n) is 8.04. The third-order valence-corrected chi connectivity index (χ3v) is 5.97. The quantitative estimate of drug-likeness (QED) is 0.737. The number of carbonyl (C=O) groups is 1. The normalized spacial score (nSPS) is 16.1. The Morgan fingerprint density at radius 1 is 1.21 bits per heavy atom. The van der Waals surface area contributed by atoms with Crippen LogP contribution in [0.5, 0.6) is 0 Å². The van der Waals surface area contributed by atoms with Crippen molar-refractivity contribution in [1.82, 2.24) is 30.0 Å². The van der Waals surface area contributed by atoms with Crippen molar-refractivity contribution in [2.75, 3.05) is 0 Å². The van der Waals surface area contributed by atoms with Crippen LogP contribution in [0.15, 0.2) is 6.20 Å². The fraction of sp³-hybridized carbons (Fsp3) is 0.500. The van der Waals surface area contributed by atoms with E-state index in [0.717, 1.165) is 64.3 Å². The van der Waals surface area contributed by atoms with Crippen LogP contribution in [0, 0.1) is 27.7 Å². The molecule has 0 fully saturated rings. The Morgan fingerprint density at radius 3 is 2.79 bits per heavy atom. The lowest BCUT2D eigenvalue weighted by Crippen LogP contribution is -2.31. The van der Waals surface area contributed by atoms with Crippen LogP contribution >= 0.6 is 0 Å². The Balaban J connectivity index is 1.49. The fourth-order valence-electron chi connectivity index (χ4n) is 4.53.